The maximum atomic E-state index is 10.1. The summed E-state index contributed by atoms with van der Waals surface area (Å²) in [5.41, 5.74) is 0.818. The minimum absolute atomic E-state index is 0.538. The highest BCUT2D eigenvalue weighted by atomic mass is 16.1. The van der Waals surface area contributed by atoms with Crippen molar-refractivity contribution < 1.29 is 4.79 Å². The molecule has 0 aliphatic rings. The Labute approximate surface area is 74.6 Å². The van der Waals surface area contributed by atoms with Crippen molar-refractivity contribution in [1.82, 2.24) is 9.97 Å². The van der Waals surface area contributed by atoms with Crippen LogP contribution >= 0.6 is 0 Å². The van der Waals surface area contributed by atoms with Crippen LogP contribution < -0.4 is 5.32 Å². The van der Waals surface area contributed by atoms with Crippen LogP contribution in [0.3, 0.4) is 0 Å². The highest BCUT2D eigenvalue weighted by Gasteiger charge is 1.95. The first kappa shape index (κ1) is 7.67. The number of anilines is 1. The van der Waals surface area contributed by atoms with E-state index in [9.17, 15) is 4.79 Å². The maximum absolute atomic E-state index is 10.1. The number of rotatable bonds is 2. The van der Waals surface area contributed by atoms with E-state index in [1.807, 2.05) is 12.1 Å². The standard InChI is InChI=1S/C9H7N3O/c13-6-12-9-4-7-2-1-3-10-8(7)5-11-9/h1-6H,(H,11,12,13). The van der Waals surface area contributed by atoms with Crippen LogP contribution in [0.25, 0.3) is 10.9 Å². The topological polar surface area (TPSA) is 54.9 Å². The summed E-state index contributed by atoms with van der Waals surface area (Å²) in [6.45, 7) is 0. The van der Waals surface area contributed by atoms with E-state index in [-0.39, 0.29) is 0 Å². The fourth-order valence-corrected chi connectivity index (χ4v) is 1.11. The molecule has 0 aliphatic carbocycles. The molecule has 0 saturated heterocycles. The quantitative estimate of drug-likeness (QED) is 0.694. The highest BCUT2D eigenvalue weighted by Crippen LogP contribution is 2.12. The Hall–Kier alpha value is -1.97. The number of hydrogen-bond acceptors (Lipinski definition) is 3. The number of fused-ring (bicyclic) bond motifs is 1. The molecule has 0 unspecified atom stereocenters. The molecule has 2 rings (SSSR count). The van der Waals surface area contributed by atoms with Gasteiger partial charge in [-0.15, -0.1) is 0 Å². The van der Waals surface area contributed by atoms with E-state index in [4.69, 9.17) is 0 Å². The molecule has 13 heavy (non-hydrogen) atoms. The van der Waals surface area contributed by atoms with Gasteiger partial charge in [0.15, 0.2) is 0 Å². The van der Waals surface area contributed by atoms with Crippen molar-refractivity contribution in [3.8, 4) is 0 Å². The molecule has 2 aromatic rings. The number of nitrogens with one attached hydrogen (secondary N) is 1. The molecule has 0 aromatic carbocycles. The van der Waals surface area contributed by atoms with Gasteiger partial charge < -0.3 is 5.32 Å². The zero-order chi connectivity index (χ0) is 9.10. The molecule has 0 spiro atoms. The Morgan fingerprint density at radius 2 is 2.31 bits per heavy atom. The number of nitrogens with zero attached hydrogens (tertiary/aromatic N) is 2. The molecule has 1 amide bonds. The van der Waals surface area contributed by atoms with Crippen molar-refractivity contribution in [3.63, 3.8) is 0 Å². The molecule has 0 fully saturated rings. The molecule has 64 valence electrons. The average Bonchev–Trinajstić information content (AvgIpc) is 2.18. The van der Waals surface area contributed by atoms with E-state index in [1.54, 1.807) is 18.5 Å². The SMILES string of the molecule is O=CNc1cc2cccnc2cn1. The maximum Gasteiger partial charge on any atom is 0.212 e. The van der Waals surface area contributed by atoms with Crippen molar-refractivity contribution in [1.29, 1.82) is 0 Å². The van der Waals surface area contributed by atoms with Crippen LogP contribution in [0.1, 0.15) is 0 Å². The Balaban J connectivity index is 2.55. The van der Waals surface area contributed by atoms with E-state index in [1.165, 1.54) is 0 Å². The molecule has 0 radical (unpaired) electrons. The summed E-state index contributed by atoms with van der Waals surface area (Å²) in [6, 6.07) is 5.53. The number of carbonyl (C=O) groups excluding carboxylic acids is 1. The van der Waals surface area contributed by atoms with Crippen LogP contribution in [0.5, 0.6) is 0 Å². The van der Waals surface area contributed by atoms with Gasteiger partial charge in [0, 0.05) is 11.6 Å². The van der Waals surface area contributed by atoms with E-state index < -0.39 is 0 Å². The predicted octanol–water partition coefficient (Wildman–Crippen LogP) is 1.20. The lowest BCUT2D eigenvalue weighted by Crippen LogP contribution is -1.96. The Morgan fingerprint density at radius 3 is 3.15 bits per heavy atom. The zero-order valence-electron chi connectivity index (χ0n) is 6.77. The number of hydrogen-bond donors (Lipinski definition) is 1. The van der Waals surface area contributed by atoms with Gasteiger partial charge in [-0.3, -0.25) is 9.78 Å². The summed E-state index contributed by atoms with van der Waals surface area (Å²) in [4.78, 5) is 18.2. The van der Waals surface area contributed by atoms with Crippen LogP contribution in [0.2, 0.25) is 0 Å². The summed E-state index contributed by atoms with van der Waals surface area (Å²) in [5, 5.41) is 3.44. The van der Waals surface area contributed by atoms with Crippen molar-refractivity contribution in [3.05, 3.63) is 30.6 Å². The molecule has 4 heteroatoms. The molecular weight excluding hydrogens is 166 g/mol. The second-order valence-electron chi connectivity index (χ2n) is 2.53. The van der Waals surface area contributed by atoms with Crippen LogP contribution in [0.4, 0.5) is 5.82 Å². The first-order valence-corrected chi connectivity index (χ1v) is 3.81. The lowest BCUT2D eigenvalue weighted by atomic mass is 10.2. The Bertz CT molecular complexity index is 442. The molecule has 1 N–H and O–H groups in total. The smallest absolute Gasteiger partial charge is 0.212 e. The van der Waals surface area contributed by atoms with Crippen LogP contribution in [0.15, 0.2) is 30.6 Å². The van der Waals surface area contributed by atoms with E-state index in [0.29, 0.717) is 12.2 Å². The van der Waals surface area contributed by atoms with Gasteiger partial charge in [-0.2, -0.15) is 0 Å². The second-order valence-corrected chi connectivity index (χ2v) is 2.53. The predicted molar refractivity (Wildman–Crippen MR) is 49.2 cm³/mol. The van der Waals surface area contributed by atoms with Gasteiger partial charge in [0.1, 0.15) is 5.82 Å². The van der Waals surface area contributed by atoms with Crippen molar-refractivity contribution in [2.75, 3.05) is 5.32 Å². The monoisotopic (exact) mass is 173 g/mol. The highest BCUT2D eigenvalue weighted by molar-refractivity contribution is 5.82. The number of pyridine rings is 2. The van der Waals surface area contributed by atoms with Gasteiger partial charge in [0.05, 0.1) is 11.7 Å². The van der Waals surface area contributed by atoms with Gasteiger partial charge in [0.2, 0.25) is 6.41 Å². The van der Waals surface area contributed by atoms with Gasteiger partial charge in [-0.25, -0.2) is 4.98 Å². The fraction of sp³-hybridized carbons (Fsp3) is 0. The van der Waals surface area contributed by atoms with Crippen LogP contribution in [-0.2, 0) is 4.79 Å². The zero-order valence-corrected chi connectivity index (χ0v) is 6.77. The van der Waals surface area contributed by atoms with E-state index in [2.05, 4.69) is 15.3 Å². The molecule has 0 saturated carbocycles. The normalized spacial score (nSPS) is 9.85. The molecular formula is C9H7N3O. The summed E-state index contributed by atoms with van der Waals surface area (Å²) in [7, 11) is 0. The van der Waals surface area contributed by atoms with Gasteiger partial charge in [0.25, 0.3) is 0 Å². The summed E-state index contributed by atoms with van der Waals surface area (Å²) in [5.74, 6) is 0.538. The molecule has 0 aliphatic heterocycles. The van der Waals surface area contributed by atoms with E-state index in [0.717, 1.165) is 10.9 Å². The molecule has 2 heterocycles. The van der Waals surface area contributed by atoms with Crippen molar-refractivity contribution in [2.24, 2.45) is 0 Å². The molecule has 0 atom stereocenters. The Morgan fingerprint density at radius 1 is 1.38 bits per heavy atom. The summed E-state index contributed by atoms with van der Waals surface area (Å²) in [6.07, 6.45) is 3.93. The van der Waals surface area contributed by atoms with Gasteiger partial charge in [-0.05, 0) is 12.1 Å². The first-order valence-electron chi connectivity index (χ1n) is 3.81. The minimum atomic E-state index is 0.538. The lowest BCUT2D eigenvalue weighted by Gasteiger charge is -1.98. The van der Waals surface area contributed by atoms with E-state index >= 15 is 0 Å². The van der Waals surface area contributed by atoms with Crippen LogP contribution in [0, 0.1) is 0 Å². The number of carbonyl (C=O) groups is 1. The molecule has 4 nitrogen and oxygen atoms in total. The molecule has 2 aromatic heterocycles. The van der Waals surface area contributed by atoms with Crippen molar-refractivity contribution in [2.45, 2.75) is 0 Å². The largest absolute Gasteiger partial charge is 0.313 e. The minimum Gasteiger partial charge on any atom is -0.313 e. The third kappa shape index (κ3) is 1.46. The fourth-order valence-electron chi connectivity index (χ4n) is 1.11. The third-order valence-corrected chi connectivity index (χ3v) is 1.70. The van der Waals surface area contributed by atoms with Gasteiger partial charge in [-0.1, -0.05) is 6.07 Å². The molecule has 0 bridgehead atoms. The summed E-state index contributed by atoms with van der Waals surface area (Å²) < 4.78 is 0. The van der Waals surface area contributed by atoms with Crippen LogP contribution in [-0.4, -0.2) is 16.4 Å². The lowest BCUT2D eigenvalue weighted by molar-refractivity contribution is -0.105. The number of aromatic nitrogens is 2. The van der Waals surface area contributed by atoms with Crippen molar-refractivity contribution >= 4 is 23.1 Å². The first-order chi connectivity index (χ1) is 6.40. The third-order valence-electron chi connectivity index (χ3n) is 1.70. The Kier molecular flexibility index (Phi) is 1.88. The average molecular weight is 173 g/mol. The van der Waals surface area contributed by atoms with Gasteiger partial charge >= 0.3 is 0 Å². The summed E-state index contributed by atoms with van der Waals surface area (Å²) >= 11 is 0. The number of amides is 1. The second kappa shape index (κ2) is 3.18.